The summed E-state index contributed by atoms with van der Waals surface area (Å²) in [4.78, 5) is 25.0. The number of aliphatic carboxylic acids is 1. The molecule has 1 saturated heterocycles. The average Bonchev–Trinajstić information content (AvgIpc) is 2.68. The molecule has 0 aromatic heterocycles. The lowest BCUT2D eigenvalue weighted by atomic mass is 9.99. The van der Waals surface area contributed by atoms with Crippen molar-refractivity contribution in [1.82, 2.24) is 9.80 Å². The fraction of sp³-hybridized carbons (Fsp3) is 0.833. The molecule has 0 aromatic carbocycles. The second-order valence-electron chi connectivity index (χ2n) is 5.15. The van der Waals surface area contributed by atoms with Crippen LogP contribution >= 0.6 is 0 Å². The molecular weight excluding hydrogens is 277 g/mol. The highest BCUT2D eigenvalue weighted by Crippen LogP contribution is 2.25. The quantitative estimate of drug-likeness (QED) is 0.863. The normalized spacial score (nSPS) is 22.9. The third-order valence-electron chi connectivity index (χ3n) is 3.33. The summed E-state index contributed by atoms with van der Waals surface area (Å²) in [6, 6.07) is -0.736. The molecule has 1 N–H and O–H groups in total. The van der Waals surface area contributed by atoms with E-state index in [0.717, 1.165) is 4.90 Å². The molecule has 8 heteroatoms. The van der Waals surface area contributed by atoms with Crippen LogP contribution in [0, 0.1) is 11.8 Å². The van der Waals surface area contributed by atoms with Gasteiger partial charge in [0.15, 0.2) is 0 Å². The van der Waals surface area contributed by atoms with Gasteiger partial charge in [0.2, 0.25) is 0 Å². The average molecular weight is 296 g/mol. The Bertz CT molecular complexity index is 373. The maximum absolute atomic E-state index is 12.5. The number of nitrogens with zero attached hydrogens (tertiary/aromatic N) is 2. The standard InChI is InChI=1S/C12H19F3N2O3/c1-3-4-16(7-12(13,14)15)11(20)17-5-8(2)9(6-17)10(18)19/h8-9H,3-7H2,1-2H3,(H,18,19)/t8-,9-/m1/s1. The molecule has 1 fully saturated rings. The van der Waals surface area contributed by atoms with Crippen molar-refractivity contribution in [2.45, 2.75) is 26.4 Å². The lowest BCUT2D eigenvalue weighted by molar-refractivity contribution is -0.143. The molecule has 1 aliphatic heterocycles. The molecule has 0 aliphatic carbocycles. The Labute approximate surface area is 115 Å². The third-order valence-corrected chi connectivity index (χ3v) is 3.33. The highest BCUT2D eigenvalue weighted by molar-refractivity contribution is 5.77. The summed E-state index contributed by atoms with van der Waals surface area (Å²) in [5.74, 6) is -2.00. The number of hydrogen-bond acceptors (Lipinski definition) is 2. The van der Waals surface area contributed by atoms with E-state index in [9.17, 15) is 22.8 Å². The molecule has 0 saturated carbocycles. The van der Waals surface area contributed by atoms with Crippen LogP contribution in [0.25, 0.3) is 0 Å². The molecule has 2 amide bonds. The van der Waals surface area contributed by atoms with Crippen molar-refractivity contribution >= 4 is 12.0 Å². The fourth-order valence-electron chi connectivity index (χ4n) is 2.37. The highest BCUT2D eigenvalue weighted by Gasteiger charge is 2.40. The van der Waals surface area contributed by atoms with E-state index in [0.29, 0.717) is 6.42 Å². The van der Waals surface area contributed by atoms with Crippen LogP contribution in [-0.2, 0) is 4.79 Å². The van der Waals surface area contributed by atoms with E-state index in [1.807, 2.05) is 0 Å². The second-order valence-corrected chi connectivity index (χ2v) is 5.15. The maximum Gasteiger partial charge on any atom is 0.406 e. The zero-order valence-corrected chi connectivity index (χ0v) is 11.5. The zero-order chi connectivity index (χ0) is 15.5. The van der Waals surface area contributed by atoms with E-state index in [1.54, 1.807) is 13.8 Å². The van der Waals surface area contributed by atoms with Gasteiger partial charge in [-0.2, -0.15) is 13.2 Å². The monoisotopic (exact) mass is 296 g/mol. The topological polar surface area (TPSA) is 60.9 Å². The van der Waals surface area contributed by atoms with E-state index < -0.39 is 30.6 Å². The van der Waals surface area contributed by atoms with Gasteiger partial charge in [-0.3, -0.25) is 4.79 Å². The van der Waals surface area contributed by atoms with E-state index in [1.165, 1.54) is 4.90 Å². The van der Waals surface area contributed by atoms with Crippen molar-refractivity contribution in [3.8, 4) is 0 Å². The van der Waals surface area contributed by atoms with E-state index in [2.05, 4.69) is 0 Å². The largest absolute Gasteiger partial charge is 0.481 e. The lowest BCUT2D eigenvalue weighted by Gasteiger charge is -2.28. The van der Waals surface area contributed by atoms with Crippen molar-refractivity contribution in [3.05, 3.63) is 0 Å². The summed E-state index contributed by atoms with van der Waals surface area (Å²) in [5, 5.41) is 8.98. The van der Waals surface area contributed by atoms with Gasteiger partial charge in [-0.15, -0.1) is 0 Å². The second kappa shape index (κ2) is 6.32. The summed E-state index contributed by atoms with van der Waals surface area (Å²) < 4.78 is 37.4. The Morgan fingerprint density at radius 3 is 2.35 bits per heavy atom. The molecule has 0 bridgehead atoms. The molecule has 1 heterocycles. The Morgan fingerprint density at radius 1 is 1.35 bits per heavy atom. The smallest absolute Gasteiger partial charge is 0.406 e. The van der Waals surface area contributed by atoms with Crippen LogP contribution in [-0.4, -0.2) is 59.3 Å². The Balaban J connectivity index is 2.73. The first-order chi connectivity index (χ1) is 9.15. The van der Waals surface area contributed by atoms with E-state index in [-0.39, 0.29) is 25.6 Å². The number of amides is 2. The number of halogens is 3. The van der Waals surface area contributed by atoms with E-state index in [4.69, 9.17) is 5.11 Å². The Morgan fingerprint density at radius 2 is 1.95 bits per heavy atom. The van der Waals surface area contributed by atoms with Crippen LogP contribution in [0.1, 0.15) is 20.3 Å². The summed E-state index contributed by atoms with van der Waals surface area (Å²) in [5.41, 5.74) is 0. The van der Waals surface area contributed by atoms with Crippen molar-refractivity contribution in [1.29, 1.82) is 0 Å². The summed E-state index contributed by atoms with van der Waals surface area (Å²) in [6.45, 7) is 2.20. The number of rotatable bonds is 4. The Kier molecular flexibility index (Phi) is 5.24. The first kappa shape index (κ1) is 16.6. The minimum absolute atomic E-state index is 0.000955. The molecule has 1 rings (SSSR count). The van der Waals surface area contributed by atoms with Gasteiger partial charge in [0.05, 0.1) is 5.92 Å². The van der Waals surface area contributed by atoms with Gasteiger partial charge in [-0.1, -0.05) is 13.8 Å². The summed E-state index contributed by atoms with van der Waals surface area (Å²) >= 11 is 0. The number of carboxylic acids is 1. The molecule has 0 aromatic rings. The van der Waals surface area contributed by atoms with Crippen molar-refractivity contribution < 1.29 is 27.9 Å². The molecule has 5 nitrogen and oxygen atoms in total. The molecule has 116 valence electrons. The molecule has 20 heavy (non-hydrogen) atoms. The minimum Gasteiger partial charge on any atom is -0.481 e. The number of urea groups is 1. The van der Waals surface area contributed by atoms with Crippen LogP contribution in [0.4, 0.5) is 18.0 Å². The van der Waals surface area contributed by atoms with Crippen LogP contribution in [0.5, 0.6) is 0 Å². The van der Waals surface area contributed by atoms with Crippen LogP contribution in [0.3, 0.4) is 0 Å². The number of carboxylic acid groups (broad SMARTS) is 1. The molecule has 0 spiro atoms. The van der Waals surface area contributed by atoms with Crippen molar-refractivity contribution in [2.24, 2.45) is 11.8 Å². The summed E-state index contributed by atoms with van der Waals surface area (Å²) in [6.07, 6.45) is -4.05. The molecule has 1 aliphatic rings. The van der Waals surface area contributed by atoms with Crippen LogP contribution < -0.4 is 0 Å². The Hall–Kier alpha value is -1.47. The minimum atomic E-state index is -4.46. The van der Waals surface area contributed by atoms with Gasteiger partial charge in [-0.25, -0.2) is 4.79 Å². The first-order valence-corrected chi connectivity index (χ1v) is 6.49. The molecule has 0 unspecified atom stereocenters. The molecule has 0 radical (unpaired) electrons. The van der Waals surface area contributed by atoms with Crippen molar-refractivity contribution in [3.63, 3.8) is 0 Å². The van der Waals surface area contributed by atoms with E-state index >= 15 is 0 Å². The predicted octanol–water partition coefficient (Wildman–Crippen LogP) is 2.03. The van der Waals surface area contributed by atoms with Gasteiger partial charge in [0.1, 0.15) is 6.54 Å². The highest BCUT2D eigenvalue weighted by atomic mass is 19.4. The maximum atomic E-state index is 12.5. The third kappa shape index (κ3) is 4.28. The van der Waals surface area contributed by atoms with Gasteiger partial charge in [0.25, 0.3) is 0 Å². The number of likely N-dealkylation sites (tertiary alicyclic amines) is 1. The molecule has 2 atom stereocenters. The lowest BCUT2D eigenvalue weighted by Crippen LogP contribution is -2.46. The van der Waals surface area contributed by atoms with Gasteiger partial charge >= 0.3 is 18.2 Å². The number of carbonyl (C=O) groups is 2. The van der Waals surface area contributed by atoms with Crippen LogP contribution in [0.2, 0.25) is 0 Å². The first-order valence-electron chi connectivity index (χ1n) is 6.49. The summed E-state index contributed by atoms with van der Waals surface area (Å²) in [7, 11) is 0. The SMILES string of the molecule is CCCN(CC(F)(F)F)C(=O)N1C[C@@H](C)[C@H](C(=O)O)C1. The number of hydrogen-bond donors (Lipinski definition) is 1. The van der Waals surface area contributed by atoms with Gasteiger partial charge in [-0.05, 0) is 12.3 Å². The predicted molar refractivity (Wildman–Crippen MR) is 65.2 cm³/mol. The van der Waals surface area contributed by atoms with Gasteiger partial charge < -0.3 is 14.9 Å². The van der Waals surface area contributed by atoms with Crippen LogP contribution in [0.15, 0.2) is 0 Å². The van der Waals surface area contributed by atoms with Crippen molar-refractivity contribution in [2.75, 3.05) is 26.2 Å². The fourth-order valence-corrected chi connectivity index (χ4v) is 2.37. The number of alkyl halides is 3. The van der Waals surface area contributed by atoms with Gasteiger partial charge in [0, 0.05) is 19.6 Å². The number of carbonyl (C=O) groups excluding carboxylic acids is 1. The molecular formula is C12H19F3N2O3. The zero-order valence-electron chi connectivity index (χ0n) is 11.5.